The Hall–Kier alpha value is -1.40. The molecule has 2 aromatic rings. The van der Waals surface area contributed by atoms with E-state index in [0.717, 1.165) is 0 Å². The summed E-state index contributed by atoms with van der Waals surface area (Å²) in [5, 5.41) is 0. The van der Waals surface area contributed by atoms with Crippen molar-refractivity contribution in [3.05, 3.63) is 52.1 Å². The largest absolute Gasteiger partial charge is 0.483 e. The van der Waals surface area contributed by atoms with E-state index in [2.05, 4.69) is 15.9 Å². The zero-order chi connectivity index (χ0) is 13.1. The maximum absolute atomic E-state index is 13.9. The van der Waals surface area contributed by atoms with Crippen molar-refractivity contribution in [3.63, 3.8) is 0 Å². The van der Waals surface area contributed by atoms with Crippen LogP contribution in [-0.2, 0) is 6.61 Å². The van der Waals surface area contributed by atoms with Crippen LogP contribution in [0, 0.1) is 5.82 Å². The third kappa shape index (κ3) is 2.70. The Morgan fingerprint density at radius 1 is 1.44 bits per heavy atom. The second-order valence-corrected chi connectivity index (χ2v) is 4.70. The van der Waals surface area contributed by atoms with Gasteiger partial charge in [-0.2, -0.15) is 0 Å². The summed E-state index contributed by atoms with van der Waals surface area (Å²) < 4.78 is 24.5. The second-order valence-electron chi connectivity index (χ2n) is 3.47. The highest BCUT2D eigenvalue weighted by Gasteiger charge is 2.14. The number of halogens is 2. The van der Waals surface area contributed by atoms with Gasteiger partial charge in [0, 0.05) is 5.56 Å². The average molecular weight is 330 g/mol. The van der Waals surface area contributed by atoms with Gasteiger partial charge in [0.05, 0.1) is 10.7 Å². The summed E-state index contributed by atoms with van der Waals surface area (Å²) >= 11 is 7.91. The molecule has 6 heteroatoms. The molecule has 18 heavy (non-hydrogen) atoms. The SMILES string of the molecule is NC(=S)c1ccc(OCc2ccco2)c(F)c1Br. The molecule has 0 aliphatic heterocycles. The monoisotopic (exact) mass is 329 g/mol. The highest BCUT2D eigenvalue weighted by atomic mass is 79.9. The number of furan rings is 1. The van der Waals surface area contributed by atoms with Crippen LogP contribution in [0.1, 0.15) is 11.3 Å². The fourth-order valence-electron chi connectivity index (χ4n) is 1.38. The van der Waals surface area contributed by atoms with Gasteiger partial charge < -0.3 is 14.9 Å². The van der Waals surface area contributed by atoms with Crippen LogP contribution in [0.5, 0.6) is 5.75 Å². The zero-order valence-corrected chi connectivity index (χ0v) is 11.6. The van der Waals surface area contributed by atoms with Crippen LogP contribution >= 0.6 is 28.1 Å². The Labute approximate surface area is 117 Å². The Morgan fingerprint density at radius 3 is 2.83 bits per heavy atom. The van der Waals surface area contributed by atoms with Crippen LogP contribution in [0.4, 0.5) is 4.39 Å². The van der Waals surface area contributed by atoms with Crippen molar-refractivity contribution in [2.45, 2.75) is 6.61 Å². The Bertz CT molecular complexity index is 572. The number of benzene rings is 1. The van der Waals surface area contributed by atoms with Gasteiger partial charge in [-0.3, -0.25) is 0 Å². The third-order valence-corrected chi connectivity index (χ3v) is 3.26. The molecule has 0 aliphatic carbocycles. The van der Waals surface area contributed by atoms with Gasteiger partial charge in [-0.15, -0.1) is 0 Å². The highest BCUT2D eigenvalue weighted by Crippen LogP contribution is 2.29. The quantitative estimate of drug-likeness (QED) is 0.873. The minimum atomic E-state index is -0.535. The van der Waals surface area contributed by atoms with Gasteiger partial charge in [-0.05, 0) is 40.2 Å². The molecule has 0 radical (unpaired) electrons. The van der Waals surface area contributed by atoms with Crippen LogP contribution in [0.25, 0.3) is 0 Å². The van der Waals surface area contributed by atoms with Crippen molar-refractivity contribution in [2.24, 2.45) is 5.73 Å². The molecule has 0 bridgehead atoms. The van der Waals surface area contributed by atoms with E-state index < -0.39 is 5.82 Å². The predicted octanol–water partition coefficient (Wildman–Crippen LogP) is 3.39. The number of rotatable bonds is 4. The van der Waals surface area contributed by atoms with Crippen molar-refractivity contribution < 1.29 is 13.5 Å². The first-order valence-electron chi connectivity index (χ1n) is 5.02. The van der Waals surface area contributed by atoms with E-state index in [0.29, 0.717) is 11.3 Å². The van der Waals surface area contributed by atoms with Gasteiger partial charge in [0.2, 0.25) is 0 Å². The Morgan fingerprint density at radius 2 is 2.22 bits per heavy atom. The van der Waals surface area contributed by atoms with E-state index in [9.17, 15) is 4.39 Å². The molecule has 0 aliphatic rings. The Kier molecular flexibility index (Phi) is 3.98. The van der Waals surface area contributed by atoms with Crippen molar-refractivity contribution in [3.8, 4) is 5.75 Å². The summed E-state index contributed by atoms with van der Waals surface area (Å²) in [6.07, 6.45) is 1.53. The van der Waals surface area contributed by atoms with Crippen molar-refractivity contribution >= 4 is 33.1 Å². The van der Waals surface area contributed by atoms with E-state index in [4.69, 9.17) is 27.1 Å². The molecular weight excluding hydrogens is 321 g/mol. The van der Waals surface area contributed by atoms with Crippen LogP contribution in [0.15, 0.2) is 39.4 Å². The molecule has 1 aromatic heterocycles. The lowest BCUT2D eigenvalue weighted by Gasteiger charge is -2.09. The van der Waals surface area contributed by atoms with Gasteiger partial charge in [-0.25, -0.2) is 4.39 Å². The van der Waals surface area contributed by atoms with E-state index in [1.165, 1.54) is 12.3 Å². The summed E-state index contributed by atoms with van der Waals surface area (Å²) in [5.41, 5.74) is 5.90. The van der Waals surface area contributed by atoms with Crippen LogP contribution in [0.3, 0.4) is 0 Å². The van der Waals surface area contributed by atoms with E-state index in [-0.39, 0.29) is 21.8 Å². The van der Waals surface area contributed by atoms with Gasteiger partial charge in [0.15, 0.2) is 11.6 Å². The predicted molar refractivity (Wildman–Crippen MR) is 73.0 cm³/mol. The van der Waals surface area contributed by atoms with Crippen molar-refractivity contribution in [1.29, 1.82) is 0 Å². The summed E-state index contributed by atoms with van der Waals surface area (Å²) in [7, 11) is 0. The van der Waals surface area contributed by atoms with Gasteiger partial charge in [0.25, 0.3) is 0 Å². The molecule has 1 heterocycles. The zero-order valence-electron chi connectivity index (χ0n) is 9.15. The molecule has 94 valence electrons. The Balaban J connectivity index is 2.19. The molecule has 0 fully saturated rings. The van der Waals surface area contributed by atoms with Crippen LogP contribution in [0.2, 0.25) is 0 Å². The minimum absolute atomic E-state index is 0.110. The van der Waals surface area contributed by atoms with Gasteiger partial charge in [0.1, 0.15) is 17.4 Å². The standard InChI is InChI=1S/C12H9BrFNO2S/c13-10-8(12(15)18)3-4-9(11(10)14)17-6-7-2-1-5-16-7/h1-5H,6H2,(H2,15,18). The summed E-state index contributed by atoms with van der Waals surface area (Å²) in [6, 6.07) is 6.57. The van der Waals surface area contributed by atoms with Gasteiger partial charge in [-0.1, -0.05) is 12.2 Å². The van der Waals surface area contributed by atoms with Crippen LogP contribution in [-0.4, -0.2) is 4.99 Å². The van der Waals surface area contributed by atoms with Crippen molar-refractivity contribution in [2.75, 3.05) is 0 Å². The highest BCUT2D eigenvalue weighted by molar-refractivity contribution is 9.10. The summed E-state index contributed by atoms with van der Waals surface area (Å²) in [5.74, 6) is 0.189. The van der Waals surface area contributed by atoms with Gasteiger partial charge >= 0.3 is 0 Å². The second kappa shape index (κ2) is 5.49. The maximum atomic E-state index is 13.9. The molecule has 2 rings (SSSR count). The average Bonchev–Trinajstić information content (AvgIpc) is 2.83. The normalized spacial score (nSPS) is 10.3. The van der Waals surface area contributed by atoms with Crippen molar-refractivity contribution in [1.82, 2.24) is 0 Å². The van der Waals surface area contributed by atoms with E-state index in [1.54, 1.807) is 18.2 Å². The first kappa shape index (κ1) is 13.0. The molecule has 0 unspecified atom stereocenters. The molecule has 0 spiro atoms. The number of hydrogen-bond acceptors (Lipinski definition) is 3. The number of ether oxygens (including phenoxy) is 1. The maximum Gasteiger partial charge on any atom is 0.179 e. The smallest absolute Gasteiger partial charge is 0.179 e. The molecule has 0 amide bonds. The minimum Gasteiger partial charge on any atom is -0.483 e. The van der Waals surface area contributed by atoms with Crippen LogP contribution < -0.4 is 10.5 Å². The molecular formula is C12H9BrFNO2S. The molecule has 0 saturated carbocycles. The molecule has 0 atom stereocenters. The topological polar surface area (TPSA) is 48.4 Å². The first-order valence-corrected chi connectivity index (χ1v) is 6.22. The third-order valence-electron chi connectivity index (χ3n) is 2.26. The lowest BCUT2D eigenvalue weighted by atomic mass is 10.2. The lowest BCUT2D eigenvalue weighted by molar-refractivity contribution is 0.258. The molecule has 2 N–H and O–H groups in total. The fourth-order valence-corrected chi connectivity index (χ4v) is 2.22. The number of hydrogen-bond donors (Lipinski definition) is 1. The summed E-state index contributed by atoms with van der Waals surface area (Å²) in [6.45, 7) is 0.156. The number of nitrogens with two attached hydrogens (primary N) is 1. The number of thiocarbonyl (C=S) groups is 1. The molecule has 0 saturated heterocycles. The molecule has 3 nitrogen and oxygen atoms in total. The van der Waals surface area contributed by atoms with E-state index in [1.807, 2.05) is 0 Å². The molecule has 1 aromatic carbocycles. The van der Waals surface area contributed by atoms with E-state index >= 15 is 0 Å². The summed E-state index contributed by atoms with van der Waals surface area (Å²) in [4.78, 5) is 0.123. The first-order chi connectivity index (χ1) is 8.59. The fraction of sp³-hybridized carbons (Fsp3) is 0.0833. The lowest BCUT2D eigenvalue weighted by Crippen LogP contribution is -2.11.